The van der Waals surface area contributed by atoms with Gasteiger partial charge in [-0.05, 0) is 44.6 Å². The zero-order valence-electron chi connectivity index (χ0n) is 10.6. The van der Waals surface area contributed by atoms with Gasteiger partial charge in [0, 0.05) is 25.5 Å². The molecule has 1 saturated heterocycles. The van der Waals surface area contributed by atoms with Gasteiger partial charge in [-0.15, -0.1) is 0 Å². The summed E-state index contributed by atoms with van der Waals surface area (Å²) >= 11 is 0. The second kappa shape index (κ2) is 5.61. The third-order valence-electron chi connectivity index (χ3n) is 4.31. The number of hydrogen-bond donors (Lipinski definition) is 1. The Hall–Kier alpha value is -0.220. The van der Waals surface area contributed by atoms with E-state index in [1.54, 1.807) is 0 Å². The van der Waals surface area contributed by atoms with Gasteiger partial charge in [0.2, 0.25) is 5.92 Å². The molecule has 100 valence electrons. The van der Waals surface area contributed by atoms with Crippen LogP contribution in [0.5, 0.6) is 0 Å². The van der Waals surface area contributed by atoms with E-state index in [0.29, 0.717) is 30.7 Å². The molecule has 0 radical (unpaired) electrons. The number of hydrogen-bond acceptors (Lipinski definition) is 2. The summed E-state index contributed by atoms with van der Waals surface area (Å²) in [7, 11) is 1.95. The first-order valence-electron chi connectivity index (χ1n) is 6.75. The summed E-state index contributed by atoms with van der Waals surface area (Å²) in [6, 6.07) is 0.353. The van der Waals surface area contributed by atoms with Crippen LogP contribution in [0.4, 0.5) is 8.78 Å². The predicted molar refractivity (Wildman–Crippen MR) is 63.3 cm³/mol. The van der Waals surface area contributed by atoms with Gasteiger partial charge in [-0.2, -0.15) is 0 Å². The smallest absolute Gasteiger partial charge is 0.248 e. The predicted octanol–water partition coefficient (Wildman–Crippen LogP) is 2.83. The van der Waals surface area contributed by atoms with Crippen LogP contribution in [0.3, 0.4) is 0 Å². The fraction of sp³-hybridized carbons (Fsp3) is 1.00. The van der Waals surface area contributed by atoms with E-state index in [1.165, 1.54) is 6.42 Å². The summed E-state index contributed by atoms with van der Waals surface area (Å²) in [5.41, 5.74) is 0. The van der Waals surface area contributed by atoms with Gasteiger partial charge in [-0.25, -0.2) is 8.78 Å². The maximum absolute atomic E-state index is 13.1. The first kappa shape index (κ1) is 13.2. The Balaban J connectivity index is 1.89. The molecular formula is C13H23F2NO. The lowest BCUT2D eigenvalue weighted by Gasteiger charge is -2.39. The van der Waals surface area contributed by atoms with Crippen LogP contribution in [0.2, 0.25) is 0 Å². The van der Waals surface area contributed by atoms with Gasteiger partial charge in [0.05, 0.1) is 6.61 Å². The van der Waals surface area contributed by atoms with Crippen LogP contribution in [0, 0.1) is 11.8 Å². The molecule has 2 unspecified atom stereocenters. The number of nitrogens with one attached hydrogen (secondary N) is 1. The molecule has 17 heavy (non-hydrogen) atoms. The summed E-state index contributed by atoms with van der Waals surface area (Å²) < 4.78 is 31.8. The van der Waals surface area contributed by atoms with Crippen molar-refractivity contribution in [1.82, 2.24) is 5.32 Å². The highest BCUT2D eigenvalue weighted by atomic mass is 19.3. The van der Waals surface area contributed by atoms with Gasteiger partial charge in [-0.1, -0.05) is 0 Å². The van der Waals surface area contributed by atoms with E-state index in [9.17, 15) is 8.78 Å². The van der Waals surface area contributed by atoms with Crippen LogP contribution in [0.1, 0.15) is 38.5 Å². The van der Waals surface area contributed by atoms with Gasteiger partial charge in [0.15, 0.2) is 0 Å². The van der Waals surface area contributed by atoms with Crippen molar-refractivity contribution in [2.24, 2.45) is 11.8 Å². The lowest BCUT2D eigenvalue weighted by Crippen LogP contribution is -2.45. The largest absolute Gasteiger partial charge is 0.381 e. The molecule has 0 aromatic rings. The van der Waals surface area contributed by atoms with Gasteiger partial charge in [0.25, 0.3) is 0 Å². The Bertz CT molecular complexity index is 232. The lowest BCUT2D eigenvalue weighted by molar-refractivity contribution is -0.0566. The highest BCUT2D eigenvalue weighted by Crippen LogP contribution is 2.39. The molecule has 2 nitrogen and oxygen atoms in total. The Morgan fingerprint density at radius 1 is 1.18 bits per heavy atom. The molecular weight excluding hydrogens is 224 g/mol. The topological polar surface area (TPSA) is 21.3 Å². The molecule has 0 bridgehead atoms. The standard InChI is InChI=1S/C13H23F2NO/c1-16-12(11-3-2-8-17-9-11)10-4-6-13(14,15)7-5-10/h10-12,16H,2-9H2,1H3. The Morgan fingerprint density at radius 3 is 2.41 bits per heavy atom. The van der Waals surface area contributed by atoms with Crippen molar-refractivity contribution in [2.45, 2.75) is 50.5 Å². The maximum Gasteiger partial charge on any atom is 0.248 e. The van der Waals surface area contributed by atoms with Crippen molar-refractivity contribution in [3.8, 4) is 0 Å². The van der Waals surface area contributed by atoms with Crippen molar-refractivity contribution < 1.29 is 13.5 Å². The van der Waals surface area contributed by atoms with Crippen molar-refractivity contribution in [1.29, 1.82) is 0 Å². The number of ether oxygens (including phenoxy) is 1. The highest BCUT2D eigenvalue weighted by Gasteiger charge is 2.39. The summed E-state index contributed by atoms with van der Waals surface area (Å²) in [5, 5.41) is 3.34. The second-order valence-electron chi connectivity index (χ2n) is 5.49. The summed E-state index contributed by atoms with van der Waals surface area (Å²) in [5.74, 6) is -1.52. The number of halogens is 2. The molecule has 1 aliphatic heterocycles. The Morgan fingerprint density at radius 2 is 1.88 bits per heavy atom. The third-order valence-corrected chi connectivity index (χ3v) is 4.31. The van der Waals surface area contributed by atoms with E-state index < -0.39 is 5.92 Å². The van der Waals surface area contributed by atoms with Crippen LogP contribution in [0.15, 0.2) is 0 Å². The van der Waals surface area contributed by atoms with Crippen molar-refractivity contribution in [3.63, 3.8) is 0 Å². The second-order valence-corrected chi connectivity index (χ2v) is 5.49. The minimum atomic E-state index is -2.42. The van der Waals surface area contributed by atoms with E-state index in [-0.39, 0.29) is 12.8 Å². The van der Waals surface area contributed by atoms with E-state index in [4.69, 9.17) is 4.74 Å². The zero-order chi connectivity index (χ0) is 12.3. The molecule has 0 amide bonds. The molecule has 4 heteroatoms. The van der Waals surface area contributed by atoms with E-state index in [0.717, 1.165) is 19.6 Å². The average molecular weight is 247 g/mol. The van der Waals surface area contributed by atoms with Crippen molar-refractivity contribution in [2.75, 3.05) is 20.3 Å². The maximum atomic E-state index is 13.1. The zero-order valence-corrected chi connectivity index (χ0v) is 10.6. The fourth-order valence-corrected chi connectivity index (χ4v) is 3.33. The van der Waals surface area contributed by atoms with Crippen LogP contribution in [0.25, 0.3) is 0 Å². The molecule has 1 N–H and O–H groups in total. The minimum Gasteiger partial charge on any atom is -0.381 e. The van der Waals surface area contributed by atoms with Crippen molar-refractivity contribution in [3.05, 3.63) is 0 Å². The fourth-order valence-electron chi connectivity index (χ4n) is 3.33. The summed E-state index contributed by atoms with van der Waals surface area (Å²) in [6.07, 6.45) is 3.68. The Labute approximate surface area is 102 Å². The first-order valence-corrected chi connectivity index (χ1v) is 6.75. The van der Waals surface area contributed by atoms with Crippen LogP contribution < -0.4 is 5.32 Å². The van der Waals surface area contributed by atoms with E-state index >= 15 is 0 Å². The molecule has 1 heterocycles. The van der Waals surface area contributed by atoms with Crippen LogP contribution in [-0.2, 0) is 4.74 Å². The van der Waals surface area contributed by atoms with Crippen molar-refractivity contribution >= 4 is 0 Å². The molecule has 2 aliphatic rings. The molecule has 0 aromatic carbocycles. The molecule has 2 atom stereocenters. The average Bonchev–Trinajstić information content (AvgIpc) is 2.33. The van der Waals surface area contributed by atoms with Gasteiger partial charge >= 0.3 is 0 Å². The Kier molecular flexibility index (Phi) is 4.36. The molecule has 1 saturated carbocycles. The monoisotopic (exact) mass is 247 g/mol. The molecule has 0 aromatic heterocycles. The lowest BCUT2D eigenvalue weighted by atomic mass is 9.76. The summed E-state index contributed by atoms with van der Waals surface area (Å²) in [6.45, 7) is 1.65. The van der Waals surface area contributed by atoms with Gasteiger partial charge in [0.1, 0.15) is 0 Å². The SMILES string of the molecule is CNC(C1CCC(F)(F)CC1)C1CCCOC1. The minimum absolute atomic E-state index is 0.0590. The van der Waals surface area contributed by atoms with E-state index in [2.05, 4.69) is 5.32 Å². The number of rotatable bonds is 3. The highest BCUT2D eigenvalue weighted by molar-refractivity contribution is 4.88. The van der Waals surface area contributed by atoms with Gasteiger partial charge in [-0.3, -0.25) is 0 Å². The summed E-state index contributed by atoms with van der Waals surface area (Å²) in [4.78, 5) is 0. The molecule has 2 rings (SSSR count). The normalized spacial score (nSPS) is 32.3. The molecule has 2 fully saturated rings. The van der Waals surface area contributed by atoms with Gasteiger partial charge < -0.3 is 10.1 Å². The third kappa shape index (κ3) is 3.38. The van der Waals surface area contributed by atoms with E-state index in [1.807, 2.05) is 7.05 Å². The number of alkyl halides is 2. The molecule has 1 aliphatic carbocycles. The van der Waals surface area contributed by atoms with Crippen LogP contribution in [-0.4, -0.2) is 32.2 Å². The molecule has 0 spiro atoms. The van der Waals surface area contributed by atoms with Crippen LogP contribution >= 0.6 is 0 Å². The quantitative estimate of drug-likeness (QED) is 0.828. The first-order chi connectivity index (χ1) is 8.12.